The Labute approximate surface area is 124 Å². The van der Waals surface area contributed by atoms with E-state index in [9.17, 15) is 9.59 Å². The molecule has 0 aliphatic heterocycles. The highest BCUT2D eigenvalue weighted by Crippen LogP contribution is 2.10. The maximum Gasteiger partial charge on any atom is 0.325 e. The summed E-state index contributed by atoms with van der Waals surface area (Å²) in [5.41, 5.74) is 1.52. The summed E-state index contributed by atoms with van der Waals surface area (Å²) in [7, 11) is 1.32. The van der Waals surface area contributed by atoms with Crippen molar-refractivity contribution in [2.75, 3.05) is 13.7 Å². The minimum atomic E-state index is -0.435. The summed E-state index contributed by atoms with van der Waals surface area (Å²) >= 11 is 0. The van der Waals surface area contributed by atoms with Crippen LogP contribution < -0.4 is 0 Å². The van der Waals surface area contributed by atoms with E-state index < -0.39 is 5.97 Å². The van der Waals surface area contributed by atoms with Crippen molar-refractivity contribution in [3.8, 4) is 0 Å². The van der Waals surface area contributed by atoms with Crippen molar-refractivity contribution < 1.29 is 14.3 Å². The van der Waals surface area contributed by atoms with E-state index >= 15 is 0 Å². The third kappa shape index (κ3) is 4.18. The van der Waals surface area contributed by atoms with E-state index in [-0.39, 0.29) is 12.5 Å². The summed E-state index contributed by atoms with van der Waals surface area (Å²) < 4.78 is 4.67. The van der Waals surface area contributed by atoms with Crippen LogP contribution in [-0.2, 0) is 16.1 Å². The van der Waals surface area contributed by atoms with Gasteiger partial charge in [0.1, 0.15) is 6.54 Å². The van der Waals surface area contributed by atoms with Crippen molar-refractivity contribution in [2.24, 2.45) is 0 Å². The lowest BCUT2D eigenvalue weighted by Gasteiger charge is -2.21. The molecule has 0 N–H and O–H groups in total. The van der Waals surface area contributed by atoms with E-state index in [2.05, 4.69) is 4.74 Å². The first-order valence-electron chi connectivity index (χ1n) is 6.66. The van der Waals surface area contributed by atoms with Gasteiger partial charge in [-0.2, -0.15) is 0 Å². The normalized spacial score (nSPS) is 9.95. The van der Waals surface area contributed by atoms with Gasteiger partial charge in [0, 0.05) is 12.1 Å². The zero-order valence-corrected chi connectivity index (χ0v) is 11.9. The summed E-state index contributed by atoms with van der Waals surface area (Å²) in [6, 6.07) is 18.5. The zero-order valence-electron chi connectivity index (χ0n) is 11.9. The fourth-order valence-corrected chi connectivity index (χ4v) is 1.99. The van der Waals surface area contributed by atoms with Crippen molar-refractivity contribution >= 4 is 11.9 Å². The smallest absolute Gasteiger partial charge is 0.325 e. The first-order chi connectivity index (χ1) is 10.2. The van der Waals surface area contributed by atoms with E-state index in [1.807, 2.05) is 36.4 Å². The first kappa shape index (κ1) is 14.8. The Morgan fingerprint density at radius 2 is 1.52 bits per heavy atom. The third-order valence-electron chi connectivity index (χ3n) is 3.07. The fraction of sp³-hybridized carbons (Fsp3) is 0.176. The number of ether oxygens (including phenoxy) is 1. The lowest BCUT2D eigenvalue weighted by Crippen LogP contribution is -2.35. The predicted octanol–water partition coefficient (Wildman–Crippen LogP) is 2.50. The average molecular weight is 283 g/mol. The van der Waals surface area contributed by atoms with Gasteiger partial charge >= 0.3 is 5.97 Å². The Hall–Kier alpha value is -2.62. The van der Waals surface area contributed by atoms with Crippen molar-refractivity contribution in [2.45, 2.75) is 6.54 Å². The maximum atomic E-state index is 12.5. The van der Waals surface area contributed by atoms with Gasteiger partial charge in [-0.25, -0.2) is 0 Å². The minimum Gasteiger partial charge on any atom is -0.468 e. The van der Waals surface area contributed by atoms with Crippen molar-refractivity contribution in [1.82, 2.24) is 4.90 Å². The Kier molecular flexibility index (Phi) is 5.10. The number of esters is 1. The van der Waals surface area contributed by atoms with Crippen LogP contribution in [0.4, 0.5) is 0 Å². The number of benzene rings is 2. The van der Waals surface area contributed by atoms with Crippen molar-refractivity contribution in [3.63, 3.8) is 0 Å². The number of hydrogen-bond donors (Lipinski definition) is 0. The highest BCUT2D eigenvalue weighted by molar-refractivity contribution is 5.95. The summed E-state index contributed by atoms with van der Waals surface area (Å²) in [6.45, 7) is 0.294. The molecule has 4 heteroatoms. The monoisotopic (exact) mass is 283 g/mol. The minimum absolute atomic E-state index is 0.0703. The molecule has 0 bridgehead atoms. The molecule has 2 aromatic rings. The van der Waals surface area contributed by atoms with Crippen LogP contribution in [-0.4, -0.2) is 30.4 Å². The number of methoxy groups -OCH3 is 1. The number of nitrogens with zero attached hydrogens (tertiary/aromatic N) is 1. The highest BCUT2D eigenvalue weighted by atomic mass is 16.5. The number of hydrogen-bond acceptors (Lipinski definition) is 3. The second-order valence-electron chi connectivity index (χ2n) is 4.59. The molecule has 2 aromatic carbocycles. The second-order valence-corrected chi connectivity index (χ2v) is 4.59. The summed E-state index contributed by atoms with van der Waals surface area (Å²) in [5.74, 6) is -0.625. The zero-order chi connectivity index (χ0) is 15.1. The Bertz CT molecular complexity index is 596. The molecule has 0 aromatic heterocycles. The molecule has 0 unspecified atom stereocenters. The maximum absolute atomic E-state index is 12.5. The molecule has 0 fully saturated rings. The molecule has 1 amide bonds. The highest BCUT2D eigenvalue weighted by Gasteiger charge is 2.19. The molecule has 4 nitrogen and oxygen atoms in total. The summed E-state index contributed by atoms with van der Waals surface area (Å²) in [4.78, 5) is 25.5. The van der Waals surface area contributed by atoms with Gasteiger partial charge in [0.05, 0.1) is 7.11 Å². The van der Waals surface area contributed by atoms with Crippen LogP contribution in [0.15, 0.2) is 60.7 Å². The molecule has 0 heterocycles. The van der Waals surface area contributed by atoms with Gasteiger partial charge in [0.15, 0.2) is 0 Å². The Morgan fingerprint density at radius 3 is 2.10 bits per heavy atom. The first-order valence-corrected chi connectivity index (χ1v) is 6.66. The van der Waals surface area contributed by atoms with Gasteiger partial charge in [-0.1, -0.05) is 48.5 Å². The number of carbonyl (C=O) groups excluding carboxylic acids is 2. The molecule has 0 aliphatic carbocycles. The van der Waals surface area contributed by atoms with Crippen LogP contribution in [0.1, 0.15) is 15.9 Å². The molecule has 108 valence electrons. The topological polar surface area (TPSA) is 46.6 Å². The molecule has 0 atom stereocenters. The second kappa shape index (κ2) is 7.24. The molecule has 0 aliphatic rings. The lowest BCUT2D eigenvalue weighted by atomic mass is 10.1. The van der Waals surface area contributed by atoms with E-state index in [0.29, 0.717) is 12.1 Å². The van der Waals surface area contributed by atoms with Gasteiger partial charge in [0.2, 0.25) is 0 Å². The van der Waals surface area contributed by atoms with Crippen LogP contribution in [0.25, 0.3) is 0 Å². The number of carbonyl (C=O) groups is 2. The van der Waals surface area contributed by atoms with Crippen molar-refractivity contribution in [3.05, 3.63) is 71.8 Å². The van der Waals surface area contributed by atoms with E-state index in [1.165, 1.54) is 12.0 Å². The molecule has 2 rings (SSSR count). The van der Waals surface area contributed by atoms with Gasteiger partial charge in [-0.05, 0) is 17.7 Å². The van der Waals surface area contributed by atoms with Gasteiger partial charge in [0.25, 0.3) is 5.91 Å². The molecule has 0 saturated carbocycles. The quantitative estimate of drug-likeness (QED) is 0.792. The molecule has 0 saturated heterocycles. The summed E-state index contributed by atoms with van der Waals surface area (Å²) in [5, 5.41) is 0. The Balaban J connectivity index is 2.19. The molecule has 0 radical (unpaired) electrons. The SMILES string of the molecule is COC(=O)CN(Cc1ccccc1)C(=O)c1ccccc1. The molecular weight excluding hydrogens is 266 g/mol. The fourth-order valence-electron chi connectivity index (χ4n) is 1.99. The summed E-state index contributed by atoms with van der Waals surface area (Å²) in [6.07, 6.45) is 0. The van der Waals surface area contributed by atoms with Crippen LogP contribution in [0.2, 0.25) is 0 Å². The van der Waals surface area contributed by atoms with Gasteiger partial charge in [-0.15, -0.1) is 0 Å². The van der Waals surface area contributed by atoms with Gasteiger partial charge in [-0.3, -0.25) is 9.59 Å². The van der Waals surface area contributed by atoms with Crippen LogP contribution in [0.3, 0.4) is 0 Å². The van der Waals surface area contributed by atoms with E-state index in [1.54, 1.807) is 24.3 Å². The molecular formula is C17H17NO3. The van der Waals surface area contributed by atoms with Crippen LogP contribution in [0.5, 0.6) is 0 Å². The van der Waals surface area contributed by atoms with E-state index in [4.69, 9.17) is 0 Å². The van der Waals surface area contributed by atoms with E-state index in [0.717, 1.165) is 5.56 Å². The molecule has 0 spiro atoms. The van der Waals surface area contributed by atoms with Crippen LogP contribution in [0, 0.1) is 0 Å². The lowest BCUT2D eigenvalue weighted by molar-refractivity contribution is -0.141. The molecule has 21 heavy (non-hydrogen) atoms. The number of rotatable bonds is 5. The average Bonchev–Trinajstić information content (AvgIpc) is 2.55. The van der Waals surface area contributed by atoms with Crippen LogP contribution >= 0.6 is 0 Å². The third-order valence-corrected chi connectivity index (χ3v) is 3.07. The number of amides is 1. The largest absolute Gasteiger partial charge is 0.468 e. The predicted molar refractivity (Wildman–Crippen MR) is 79.6 cm³/mol. The Morgan fingerprint density at radius 1 is 0.952 bits per heavy atom. The van der Waals surface area contributed by atoms with Gasteiger partial charge < -0.3 is 9.64 Å². The van der Waals surface area contributed by atoms with Crippen molar-refractivity contribution in [1.29, 1.82) is 0 Å². The standard InChI is InChI=1S/C17H17NO3/c1-21-16(19)13-18(12-14-8-4-2-5-9-14)17(20)15-10-6-3-7-11-15/h2-11H,12-13H2,1H3.